The maximum atomic E-state index is 12.2. The van der Waals surface area contributed by atoms with Gasteiger partial charge in [0.2, 0.25) is 0 Å². The second-order valence-electron chi connectivity index (χ2n) is 5.71. The molecule has 2 heterocycles. The second kappa shape index (κ2) is 6.62. The smallest absolute Gasteiger partial charge is 0.251 e. The molecule has 6 nitrogen and oxygen atoms in total. The van der Waals surface area contributed by atoms with Gasteiger partial charge in [-0.05, 0) is 36.8 Å². The van der Waals surface area contributed by atoms with E-state index in [1.807, 2.05) is 30.3 Å². The lowest BCUT2D eigenvalue weighted by Gasteiger charge is -2.09. The number of aliphatic hydroxyl groups excluding tert-OH is 1. The minimum absolute atomic E-state index is 0.202. The minimum atomic E-state index is -0.766. The maximum Gasteiger partial charge on any atom is 0.251 e. The third kappa shape index (κ3) is 3.24. The number of benzene rings is 2. The van der Waals surface area contributed by atoms with Crippen LogP contribution < -0.4 is 5.32 Å². The van der Waals surface area contributed by atoms with Gasteiger partial charge >= 0.3 is 0 Å². The van der Waals surface area contributed by atoms with E-state index in [9.17, 15) is 9.90 Å². The Morgan fingerprint density at radius 1 is 1.16 bits per heavy atom. The molecule has 0 saturated heterocycles. The zero-order valence-corrected chi connectivity index (χ0v) is 14.0. The van der Waals surface area contributed by atoms with Gasteiger partial charge < -0.3 is 14.8 Å². The lowest BCUT2D eigenvalue weighted by molar-refractivity contribution is 0.0937. The molecule has 2 aromatic heterocycles. The summed E-state index contributed by atoms with van der Waals surface area (Å²) in [5.74, 6) is 0.303. The van der Waals surface area contributed by atoms with Crippen LogP contribution in [0.15, 0.2) is 52.9 Å². The average Bonchev–Trinajstić information content (AvgIpc) is 3.27. The van der Waals surface area contributed by atoms with E-state index in [0.717, 1.165) is 28.2 Å². The molecular formula is C18H15N3O3S. The number of aromatic nitrogens is 2. The molecule has 0 saturated carbocycles. The third-order valence-electron chi connectivity index (χ3n) is 3.99. The van der Waals surface area contributed by atoms with Gasteiger partial charge in [-0.1, -0.05) is 18.2 Å². The van der Waals surface area contributed by atoms with Gasteiger partial charge in [0.05, 0.1) is 11.7 Å². The number of hydrogen-bond donors (Lipinski definition) is 2. The predicted octanol–water partition coefficient (Wildman–Crippen LogP) is 3.29. The summed E-state index contributed by atoms with van der Waals surface area (Å²) in [5.41, 5.74) is 2.76. The Labute approximate surface area is 147 Å². The quantitative estimate of drug-likeness (QED) is 0.575. The number of furan rings is 1. The number of carbonyl (C=O) groups is 1. The van der Waals surface area contributed by atoms with Gasteiger partial charge in [-0.2, -0.15) is 8.75 Å². The number of amides is 1. The van der Waals surface area contributed by atoms with Gasteiger partial charge in [-0.25, -0.2) is 0 Å². The third-order valence-corrected chi connectivity index (χ3v) is 4.55. The molecule has 0 aliphatic heterocycles. The second-order valence-corrected chi connectivity index (χ2v) is 6.24. The molecule has 2 N–H and O–H groups in total. The van der Waals surface area contributed by atoms with Crippen molar-refractivity contribution in [3.63, 3.8) is 0 Å². The first-order valence-corrected chi connectivity index (χ1v) is 8.61. The van der Waals surface area contributed by atoms with Crippen molar-refractivity contribution in [2.24, 2.45) is 0 Å². The molecule has 126 valence electrons. The SMILES string of the molecule is O=C(NCCC(O)c1cc2ccccc2o1)c1ccc2nsnc2c1. The first-order chi connectivity index (χ1) is 12.2. The fourth-order valence-corrected chi connectivity index (χ4v) is 3.17. The Bertz CT molecular complexity index is 1010. The molecule has 4 aromatic rings. The van der Waals surface area contributed by atoms with Crippen LogP contribution in [-0.2, 0) is 0 Å². The number of nitrogens with zero attached hydrogens (tertiary/aromatic N) is 2. The largest absolute Gasteiger partial charge is 0.458 e. The molecule has 0 aliphatic carbocycles. The van der Waals surface area contributed by atoms with Gasteiger partial charge in [0.15, 0.2) is 0 Å². The molecule has 25 heavy (non-hydrogen) atoms. The molecule has 0 aliphatic rings. The van der Waals surface area contributed by atoms with Gasteiger partial charge in [-0.3, -0.25) is 4.79 Å². The summed E-state index contributed by atoms with van der Waals surface area (Å²) in [6.45, 7) is 0.338. The molecule has 1 amide bonds. The Morgan fingerprint density at radius 3 is 2.88 bits per heavy atom. The van der Waals surface area contributed by atoms with E-state index >= 15 is 0 Å². The fourth-order valence-electron chi connectivity index (χ4n) is 2.66. The number of hydrogen-bond acceptors (Lipinski definition) is 6. The van der Waals surface area contributed by atoms with Crippen molar-refractivity contribution in [2.75, 3.05) is 6.54 Å². The van der Waals surface area contributed by atoms with E-state index < -0.39 is 6.10 Å². The van der Waals surface area contributed by atoms with Crippen LogP contribution in [-0.4, -0.2) is 26.3 Å². The number of rotatable bonds is 5. The van der Waals surface area contributed by atoms with Crippen molar-refractivity contribution >= 4 is 39.6 Å². The number of para-hydroxylation sites is 1. The van der Waals surface area contributed by atoms with E-state index in [1.54, 1.807) is 18.2 Å². The Morgan fingerprint density at radius 2 is 2.00 bits per heavy atom. The van der Waals surface area contributed by atoms with E-state index in [4.69, 9.17) is 4.42 Å². The molecular weight excluding hydrogens is 338 g/mol. The highest BCUT2D eigenvalue weighted by atomic mass is 32.1. The standard InChI is InChI=1S/C18H15N3O3S/c22-15(17-10-11-3-1-2-4-16(11)24-17)7-8-19-18(23)12-5-6-13-14(9-12)21-25-20-13/h1-6,9-10,15,22H,7-8H2,(H,19,23). The van der Waals surface area contributed by atoms with Crippen LogP contribution in [0, 0.1) is 0 Å². The van der Waals surface area contributed by atoms with Crippen LogP contribution in [0.2, 0.25) is 0 Å². The highest BCUT2D eigenvalue weighted by Gasteiger charge is 2.14. The first kappa shape index (κ1) is 15.7. The van der Waals surface area contributed by atoms with E-state index in [-0.39, 0.29) is 5.91 Å². The summed E-state index contributed by atoms with van der Waals surface area (Å²) in [6, 6.07) is 14.6. The lowest BCUT2D eigenvalue weighted by Crippen LogP contribution is -2.25. The predicted molar refractivity (Wildman–Crippen MR) is 95.5 cm³/mol. The first-order valence-electron chi connectivity index (χ1n) is 7.88. The molecule has 7 heteroatoms. The molecule has 4 rings (SSSR count). The van der Waals surface area contributed by atoms with Gasteiger partial charge in [0.25, 0.3) is 5.91 Å². The van der Waals surface area contributed by atoms with Crippen LogP contribution in [0.25, 0.3) is 22.0 Å². The van der Waals surface area contributed by atoms with Crippen LogP contribution in [0.4, 0.5) is 0 Å². The molecule has 1 atom stereocenters. The highest BCUT2D eigenvalue weighted by Crippen LogP contribution is 2.25. The summed E-state index contributed by atoms with van der Waals surface area (Å²) in [7, 11) is 0. The number of carbonyl (C=O) groups excluding carboxylic acids is 1. The summed E-state index contributed by atoms with van der Waals surface area (Å²) in [5, 5.41) is 14.0. The van der Waals surface area contributed by atoms with Gasteiger partial charge in [0.1, 0.15) is 28.5 Å². The highest BCUT2D eigenvalue weighted by molar-refractivity contribution is 7.00. The Hall–Kier alpha value is -2.77. The van der Waals surface area contributed by atoms with Crippen molar-refractivity contribution in [3.8, 4) is 0 Å². The Balaban J connectivity index is 1.36. The van der Waals surface area contributed by atoms with Crippen LogP contribution >= 0.6 is 11.7 Å². The summed E-state index contributed by atoms with van der Waals surface area (Å²) in [6.07, 6.45) is -0.399. The molecule has 0 spiro atoms. The van der Waals surface area contributed by atoms with Crippen molar-refractivity contribution in [1.82, 2.24) is 14.1 Å². The monoisotopic (exact) mass is 353 g/mol. The molecule has 1 unspecified atom stereocenters. The van der Waals surface area contributed by atoms with Crippen molar-refractivity contribution < 1.29 is 14.3 Å². The van der Waals surface area contributed by atoms with Gasteiger partial charge in [-0.15, -0.1) is 0 Å². The van der Waals surface area contributed by atoms with Gasteiger partial charge in [0, 0.05) is 17.5 Å². The van der Waals surface area contributed by atoms with E-state index in [2.05, 4.69) is 14.1 Å². The average molecular weight is 353 g/mol. The molecule has 0 fully saturated rings. The Kier molecular flexibility index (Phi) is 4.17. The summed E-state index contributed by atoms with van der Waals surface area (Å²) >= 11 is 1.12. The van der Waals surface area contributed by atoms with Crippen LogP contribution in [0.1, 0.15) is 28.6 Å². The van der Waals surface area contributed by atoms with Crippen LogP contribution in [0.5, 0.6) is 0 Å². The van der Waals surface area contributed by atoms with Crippen LogP contribution in [0.3, 0.4) is 0 Å². The summed E-state index contributed by atoms with van der Waals surface area (Å²) in [4.78, 5) is 12.2. The van der Waals surface area contributed by atoms with E-state index in [0.29, 0.717) is 29.8 Å². The van der Waals surface area contributed by atoms with E-state index in [1.165, 1.54) is 0 Å². The summed E-state index contributed by atoms with van der Waals surface area (Å²) < 4.78 is 13.9. The van der Waals surface area contributed by atoms with Crippen molar-refractivity contribution in [3.05, 3.63) is 59.9 Å². The number of aliphatic hydroxyl groups is 1. The minimum Gasteiger partial charge on any atom is -0.458 e. The normalized spacial score (nSPS) is 12.5. The zero-order chi connectivity index (χ0) is 17.2. The van der Waals surface area contributed by atoms with Crippen molar-refractivity contribution in [1.29, 1.82) is 0 Å². The molecule has 2 aromatic carbocycles. The maximum absolute atomic E-state index is 12.2. The zero-order valence-electron chi connectivity index (χ0n) is 13.2. The lowest BCUT2D eigenvalue weighted by atomic mass is 10.1. The van der Waals surface area contributed by atoms with Crippen molar-refractivity contribution in [2.45, 2.75) is 12.5 Å². The topological polar surface area (TPSA) is 88.2 Å². The fraction of sp³-hybridized carbons (Fsp3) is 0.167. The number of fused-ring (bicyclic) bond motifs is 2. The molecule has 0 radical (unpaired) electrons. The molecule has 0 bridgehead atoms. The number of nitrogens with one attached hydrogen (secondary N) is 1.